The molecule has 1 aromatic heterocycles. The largest absolute Gasteiger partial charge is 0.454 e. The van der Waals surface area contributed by atoms with Crippen LogP contribution in [0, 0.1) is 5.41 Å². The fraction of sp³-hybridized carbons (Fsp3) is 0.269. The minimum absolute atomic E-state index is 0.129. The zero-order valence-corrected chi connectivity index (χ0v) is 20.3. The molecule has 8 nitrogen and oxygen atoms in total. The third-order valence-electron chi connectivity index (χ3n) is 5.69. The smallest absolute Gasteiger partial charge is 0.255 e. The van der Waals surface area contributed by atoms with Crippen molar-refractivity contribution < 1.29 is 19.1 Å². The van der Waals surface area contributed by atoms with Gasteiger partial charge in [-0.05, 0) is 66.1 Å². The van der Waals surface area contributed by atoms with E-state index in [2.05, 4.69) is 10.3 Å². The van der Waals surface area contributed by atoms with Gasteiger partial charge in [-0.2, -0.15) is 0 Å². The second-order valence-corrected chi connectivity index (χ2v) is 9.50. The number of carbonyl (C=O) groups excluding carboxylic acids is 2. The first-order valence-electron chi connectivity index (χ1n) is 11.1. The Morgan fingerprint density at radius 3 is 2.54 bits per heavy atom. The average Bonchev–Trinajstić information content (AvgIpc) is 3.33. The van der Waals surface area contributed by atoms with Crippen LogP contribution >= 0.6 is 11.6 Å². The maximum Gasteiger partial charge on any atom is 0.255 e. The van der Waals surface area contributed by atoms with Crippen molar-refractivity contribution in [3.8, 4) is 11.5 Å². The van der Waals surface area contributed by atoms with Crippen molar-refractivity contribution in [3.05, 3.63) is 82.6 Å². The second-order valence-electron chi connectivity index (χ2n) is 9.09. The number of fused-ring (bicyclic) bond motifs is 1. The van der Waals surface area contributed by atoms with E-state index < -0.39 is 0 Å². The molecule has 4 rings (SSSR count). The summed E-state index contributed by atoms with van der Waals surface area (Å²) in [4.78, 5) is 31.8. The summed E-state index contributed by atoms with van der Waals surface area (Å²) >= 11 is 6.51. The van der Waals surface area contributed by atoms with E-state index in [0.717, 1.165) is 0 Å². The van der Waals surface area contributed by atoms with Crippen LogP contribution in [0.5, 0.6) is 11.5 Å². The van der Waals surface area contributed by atoms with E-state index in [1.54, 1.807) is 65.8 Å². The van der Waals surface area contributed by atoms with E-state index in [0.29, 0.717) is 52.0 Å². The monoisotopic (exact) mass is 494 g/mol. The van der Waals surface area contributed by atoms with Gasteiger partial charge in [-0.3, -0.25) is 14.6 Å². The molecule has 0 saturated carbocycles. The van der Waals surface area contributed by atoms with Gasteiger partial charge in [-0.15, -0.1) is 0 Å². The first-order valence-corrected chi connectivity index (χ1v) is 11.5. The number of halogens is 1. The highest BCUT2D eigenvalue weighted by Crippen LogP contribution is 2.33. The van der Waals surface area contributed by atoms with E-state index in [4.69, 9.17) is 26.8 Å². The van der Waals surface area contributed by atoms with Crippen molar-refractivity contribution in [2.75, 3.05) is 25.2 Å². The lowest BCUT2D eigenvalue weighted by Gasteiger charge is -2.32. The van der Waals surface area contributed by atoms with E-state index in [1.165, 1.54) is 0 Å². The molecule has 0 radical (unpaired) electrons. The van der Waals surface area contributed by atoms with Crippen molar-refractivity contribution in [1.29, 1.82) is 0 Å². The van der Waals surface area contributed by atoms with Gasteiger partial charge in [0, 0.05) is 47.3 Å². The molecule has 0 atom stereocenters. The standard InChI is InChI=1S/C26H27ClN4O4/c1-26(2,14-28)15-31(25(33)18-3-6-22-23(12-18)35-16-34-22)13-19-11-20(4-5-21(19)27)30-24(32)17-7-9-29-10-8-17/h3-12H,13-16,28H2,1-2H3,(H,30,32). The number of nitrogens with two attached hydrogens (primary N) is 1. The second kappa shape index (κ2) is 10.3. The summed E-state index contributed by atoms with van der Waals surface area (Å²) in [5.74, 6) is 0.689. The number of aromatic nitrogens is 1. The van der Waals surface area contributed by atoms with Gasteiger partial charge in [0.25, 0.3) is 11.8 Å². The molecule has 182 valence electrons. The van der Waals surface area contributed by atoms with E-state index in [9.17, 15) is 9.59 Å². The molecule has 0 aliphatic carbocycles. The molecule has 0 spiro atoms. The van der Waals surface area contributed by atoms with Crippen LogP contribution in [0.3, 0.4) is 0 Å². The molecule has 1 aliphatic rings. The van der Waals surface area contributed by atoms with Gasteiger partial charge in [0.05, 0.1) is 0 Å². The topological polar surface area (TPSA) is 107 Å². The molecular formula is C26H27ClN4O4. The van der Waals surface area contributed by atoms with Crippen molar-refractivity contribution >= 4 is 29.1 Å². The molecule has 0 unspecified atom stereocenters. The van der Waals surface area contributed by atoms with Crippen LogP contribution in [0.25, 0.3) is 0 Å². The first-order chi connectivity index (χ1) is 16.8. The number of nitrogens with zero attached hydrogens (tertiary/aromatic N) is 2. The number of amides is 2. The molecule has 35 heavy (non-hydrogen) atoms. The average molecular weight is 495 g/mol. The molecule has 9 heteroatoms. The summed E-state index contributed by atoms with van der Waals surface area (Å²) in [7, 11) is 0. The Bertz CT molecular complexity index is 1230. The normalized spacial score (nSPS) is 12.3. The van der Waals surface area contributed by atoms with Crippen molar-refractivity contribution in [1.82, 2.24) is 9.88 Å². The van der Waals surface area contributed by atoms with Crippen LogP contribution in [-0.2, 0) is 6.54 Å². The van der Waals surface area contributed by atoms with Crippen molar-refractivity contribution in [2.24, 2.45) is 11.1 Å². The molecule has 0 fully saturated rings. The third kappa shape index (κ3) is 5.90. The predicted molar refractivity (Wildman–Crippen MR) is 134 cm³/mol. The highest BCUT2D eigenvalue weighted by molar-refractivity contribution is 6.31. The zero-order valence-electron chi connectivity index (χ0n) is 19.6. The highest BCUT2D eigenvalue weighted by Gasteiger charge is 2.27. The van der Waals surface area contributed by atoms with Gasteiger partial charge in [0.1, 0.15) is 0 Å². The number of anilines is 1. The maximum absolute atomic E-state index is 13.6. The van der Waals surface area contributed by atoms with Crippen LogP contribution in [0.2, 0.25) is 5.02 Å². The lowest BCUT2D eigenvalue weighted by molar-refractivity contribution is 0.0673. The summed E-state index contributed by atoms with van der Waals surface area (Å²) in [6.45, 7) is 5.16. The molecule has 2 heterocycles. The summed E-state index contributed by atoms with van der Waals surface area (Å²) in [6.07, 6.45) is 3.11. The maximum atomic E-state index is 13.6. The highest BCUT2D eigenvalue weighted by atomic mass is 35.5. The van der Waals surface area contributed by atoms with Crippen LogP contribution < -0.4 is 20.5 Å². The Balaban J connectivity index is 1.59. The zero-order chi connectivity index (χ0) is 25.0. The third-order valence-corrected chi connectivity index (χ3v) is 6.05. The van der Waals surface area contributed by atoms with Crippen molar-refractivity contribution in [3.63, 3.8) is 0 Å². The Morgan fingerprint density at radius 1 is 1.06 bits per heavy atom. The molecule has 2 amide bonds. The molecule has 1 aliphatic heterocycles. The quantitative estimate of drug-likeness (QED) is 0.482. The van der Waals surface area contributed by atoms with E-state index in [-0.39, 0.29) is 30.6 Å². The Hall–Kier alpha value is -3.62. The molecule has 3 N–H and O–H groups in total. The van der Waals surface area contributed by atoms with Crippen LogP contribution in [-0.4, -0.2) is 41.6 Å². The molecular weight excluding hydrogens is 468 g/mol. The minimum atomic E-state index is -0.328. The lowest BCUT2D eigenvalue weighted by atomic mass is 9.92. The van der Waals surface area contributed by atoms with Gasteiger partial charge in [-0.25, -0.2) is 0 Å². The summed E-state index contributed by atoms with van der Waals surface area (Å²) in [5.41, 5.74) is 7.87. The number of rotatable bonds is 8. The van der Waals surface area contributed by atoms with E-state index in [1.807, 2.05) is 13.8 Å². The number of benzene rings is 2. The molecule has 3 aromatic rings. The van der Waals surface area contributed by atoms with Gasteiger partial charge < -0.3 is 25.4 Å². The predicted octanol–water partition coefficient (Wildman–Crippen LogP) is 4.34. The minimum Gasteiger partial charge on any atom is -0.454 e. The van der Waals surface area contributed by atoms with Gasteiger partial charge >= 0.3 is 0 Å². The van der Waals surface area contributed by atoms with Crippen molar-refractivity contribution in [2.45, 2.75) is 20.4 Å². The summed E-state index contributed by atoms with van der Waals surface area (Å²) < 4.78 is 10.8. The fourth-order valence-electron chi connectivity index (χ4n) is 3.68. The van der Waals surface area contributed by atoms with Gasteiger partial charge in [0.15, 0.2) is 11.5 Å². The molecule has 0 saturated heterocycles. The molecule has 2 aromatic carbocycles. The summed E-state index contributed by atoms with van der Waals surface area (Å²) in [5, 5.41) is 3.36. The van der Waals surface area contributed by atoms with Crippen LogP contribution in [0.15, 0.2) is 60.9 Å². The number of hydrogen-bond acceptors (Lipinski definition) is 6. The number of hydrogen-bond donors (Lipinski definition) is 2. The van der Waals surface area contributed by atoms with Gasteiger partial charge in [-0.1, -0.05) is 25.4 Å². The number of carbonyl (C=O) groups is 2. The van der Waals surface area contributed by atoms with Crippen LogP contribution in [0.4, 0.5) is 5.69 Å². The first kappa shape index (κ1) is 24.5. The number of ether oxygens (including phenoxy) is 2. The lowest BCUT2D eigenvalue weighted by Crippen LogP contribution is -2.41. The van der Waals surface area contributed by atoms with E-state index >= 15 is 0 Å². The number of nitrogens with one attached hydrogen (secondary N) is 1. The van der Waals surface area contributed by atoms with Crippen LogP contribution in [0.1, 0.15) is 40.1 Å². The fourth-order valence-corrected chi connectivity index (χ4v) is 3.86. The Kier molecular flexibility index (Phi) is 7.23. The Labute approximate surface area is 209 Å². The van der Waals surface area contributed by atoms with Gasteiger partial charge in [0.2, 0.25) is 6.79 Å². The Morgan fingerprint density at radius 2 is 1.80 bits per heavy atom. The SMILES string of the molecule is CC(C)(CN)CN(Cc1cc(NC(=O)c2ccncc2)ccc1Cl)C(=O)c1ccc2c(c1)OCO2. The summed E-state index contributed by atoms with van der Waals surface area (Å²) in [6, 6.07) is 13.6. The number of pyridine rings is 1. The molecule has 0 bridgehead atoms.